The minimum absolute atomic E-state index is 0.595. The van der Waals surface area contributed by atoms with Crippen molar-refractivity contribution in [1.82, 2.24) is 0 Å². The van der Waals surface area contributed by atoms with Crippen molar-refractivity contribution in [3.63, 3.8) is 0 Å². The summed E-state index contributed by atoms with van der Waals surface area (Å²) in [5, 5.41) is 1.45. The third-order valence-electron chi connectivity index (χ3n) is 1.01. The second kappa shape index (κ2) is 6.01. The van der Waals surface area contributed by atoms with Crippen LogP contribution in [0.2, 0.25) is 6.04 Å². The van der Waals surface area contributed by atoms with E-state index in [-0.39, 0.29) is 0 Å². The maximum absolute atomic E-state index is 6.04. The zero-order valence-electron chi connectivity index (χ0n) is 5.87. The standard InChI is InChI=1S/C5H11Cl3SSi/c1-2-3-10(7,8)5-9-4-6/h2-5H2,1H3. The number of rotatable bonds is 5. The molecule has 0 unspecified atom stereocenters. The molecule has 0 nitrogen and oxygen atoms in total. The topological polar surface area (TPSA) is 0 Å². The molecule has 0 aromatic rings. The quantitative estimate of drug-likeness (QED) is 0.398. The molecule has 0 radical (unpaired) electrons. The summed E-state index contributed by atoms with van der Waals surface area (Å²) in [6, 6.07) is 0.972. The van der Waals surface area contributed by atoms with Crippen LogP contribution < -0.4 is 0 Å². The lowest BCUT2D eigenvalue weighted by Crippen LogP contribution is -2.22. The summed E-state index contributed by atoms with van der Waals surface area (Å²) in [6.07, 6.45) is 1.07. The van der Waals surface area contributed by atoms with Gasteiger partial charge in [-0.2, -0.15) is 0 Å². The van der Waals surface area contributed by atoms with Gasteiger partial charge in [-0.15, -0.1) is 45.5 Å². The van der Waals surface area contributed by atoms with E-state index in [1.54, 1.807) is 11.8 Å². The molecule has 0 fully saturated rings. The average molecular weight is 238 g/mol. The SMILES string of the molecule is CCC[Si](Cl)(Cl)CSCCl. The second-order valence-corrected chi connectivity index (χ2v) is 11.6. The van der Waals surface area contributed by atoms with Crippen LogP contribution in [-0.4, -0.2) is 17.3 Å². The Balaban J connectivity index is 3.42. The summed E-state index contributed by atoms with van der Waals surface area (Å²) < 4.78 is 0. The van der Waals surface area contributed by atoms with Crippen LogP contribution in [0.3, 0.4) is 0 Å². The molecule has 0 aliphatic rings. The molecule has 0 rings (SSSR count). The Morgan fingerprint density at radius 2 is 2.00 bits per heavy atom. The van der Waals surface area contributed by atoms with E-state index < -0.39 is 6.69 Å². The molecule has 0 heterocycles. The molecule has 0 atom stereocenters. The van der Waals surface area contributed by atoms with E-state index in [0.717, 1.165) is 17.8 Å². The van der Waals surface area contributed by atoms with Crippen LogP contribution in [0.1, 0.15) is 13.3 Å². The first kappa shape index (κ1) is 11.4. The molecule has 0 amide bonds. The van der Waals surface area contributed by atoms with Gasteiger partial charge in [0.25, 0.3) is 6.69 Å². The predicted molar refractivity (Wildman–Crippen MR) is 55.7 cm³/mol. The molecular weight excluding hydrogens is 227 g/mol. The fraction of sp³-hybridized carbons (Fsp3) is 1.00. The Hall–Kier alpha value is 1.44. The van der Waals surface area contributed by atoms with Gasteiger partial charge in [-0.1, -0.05) is 13.3 Å². The van der Waals surface area contributed by atoms with Crippen LogP contribution in [0.15, 0.2) is 0 Å². The van der Waals surface area contributed by atoms with Gasteiger partial charge < -0.3 is 0 Å². The Kier molecular flexibility index (Phi) is 6.87. The number of thioether (sulfide) groups is 1. The molecule has 0 saturated heterocycles. The highest BCUT2D eigenvalue weighted by Crippen LogP contribution is 2.26. The van der Waals surface area contributed by atoms with Crippen LogP contribution in [0.4, 0.5) is 0 Å². The average Bonchev–Trinajstić information content (AvgIpc) is 1.84. The Morgan fingerprint density at radius 3 is 2.40 bits per heavy atom. The zero-order chi connectivity index (χ0) is 8.04. The van der Waals surface area contributed by atoms with Crippen LogP contribution in [-0.2, 0) is 0 Å². The van der Waals surface area contributed by atoms with Crippen LogP contribution >= 0.6 is 45.5 Å². The highest BCUT2D eigenvalue weighted by molar-refractivity contribution is 8.03. The lowest BCUT2D eigenvalue weighted by molar-refractivity contribution is 1.07. The fourth-order valence-electron chi connectivity index (χ4n) is 0.626. The third kappa shape index (κ3) is 6.17. The molecule has 0 spiro atoms. The van der Waals surface area contributed by atoms with Crippen molar-refractivity contribution < 1.29 is 0 Å². The summed E-state index contributed by atoms with van der Waals surface area (Å²) in [5.74, 6) is 0. The first-order valence-corrected chi connectivity index (χ1v) is 9.26. The summed E-state index contributed by atoms with van der Waals surface area (Å²) in [5.41, 5.74) is 0. The van der Waals surface area contributed by atoms with E-state index in [1.807, 2.05) is 0 Å². The van der Waals surface area contributed by atoms with Gasteiger partial charge in [-0.3, -0.25) is 0 Å². The smallest absolute Gasteiger partial charge is 0.146 e. The Morgan fingerprint density at radius 1 is 1.40 bits per heavy atom. The maximum atomic E-state index is 6.04. The van der Waals surface area contributed by atoms with Gasteiger partial charge in [0.2, 0.25) is 0 Å². The van der Waals surface area contributed by atoms with Crippen molar-refractivity contribution in [2.75, 3.05) is 10.6 Å². The second-order valence-electron chi connectivity index (χ2n) is 2.06. The van der Waals surface area contributed by atoms with E-state index >= 15 is 0 Å². The largest absolute Gasteiger partial charge is 0.260 e. The van der Waals surface area contributed by atoms with E-state index in [1.165, 1.54) is 0 Å². The first-order chi connectivity index (χ1) is 4.62. The Labute approximate surface area is 82.0 Å². The van der Waals surface area contributed by atoms with Gasteiger partial charge in [-0.25, -0.2) is 0 Å². The summed E-state index contributed by atoms with van der Waals surface area (Å²) in [6.45, 7) is 0.194. The van der Waals surface area contributed by atoms with Crippen LogP contribution in [0.5, 0.6) is 0 Å². The molecule has 10 heavy (non-hydrogen) atoms. The van der Waals surface area contributed by atoms with Crippen molar-refractivity contribution >= 4 is 52.2 Å². The minimum Gasteiger partial charge on any atom is -0.146 e. The van der Waals surface area contributed by atoms with Crippen molar-refractivity contribution in [3.05, 3.63) is 0 Å². The molecule has 0 N–H and O–H groups in total. The van der Waals surface area contributed by atoms with Gasteiger partial charge in [0.1, 0.15) is 0 Å². The van der Waals surface area contributed by atoms with Gasteiger partial charge >= 0.3 is 0 Å². The van der Waals surface area contributed by atoms with Crippen LogP contribution in [0, 0.1) is 0 Å². The normalized spacial score (nSPS) is 12.0. The fourth-order valence-corrected chi connectivity index (χ4v) is 6.65. The summed E-state index contributed by atoms with van der Waals surface area (Å²) in [4.78, 5) is 0. The predicted octanol–water partition coefficient (Wildman–Crippen LogP) is 3.78. The molecule has 0 aromatic heterocycles. The molecule has 5 heteroatoms. The number of hydrogen-bond donors (Lipinski definition) is 0. The summed E-state index contributed by atoms with van der Waals surface area (Å²) in [7, 11) is 0. The number of halogens is 3. The van der Waals surface area contributed by atoms with Crippen molar-refractivity contribution in [2.45, 2.75) is 19.4 Å². The lowest BCUT2D eigenvalue weighted by Gasteiger charge is -2.13. The first-order valence-electron chi connectivity index (χ1n) is 3.14. The Bertz CT molecular complexity index is 89.0. The lowest BCUT2D eigenvalue weighted by atomic mass is 10.6. The highest BCUT2D eigenvalue weighted by atomic mass is 35.7. The maximum Gasteiger partial charge on any atom is 0.260 e. The molecule has 0 aromatic carbocycles. The number of alkyl halides is 1. The highest BCUT2D eigenvalue weighted by Gasteiger charge is 2.26. The van der Waals surface area contributed by atoms with E-state index in [0.29, 0.717) is 5.21 Å². The molecule has 0 aliphatic carbocycles. The van der Waals surface area contributed by atoms with E-state index in [4.69, 9.17) is 33.8 Å². The van der Waals surface area contributed by atoms with Crippen molar-refractivity contribution in [3.8, 4) is 0 Å². The third-order valence-corrected chi connectivity index (χ3v) is 8.46. The van der Waals surface area contributed by atoms with Gasteiger partial charge in [0.05, 0.1) is 5.21 Å². The molecule has 62 valence electrons. The van der Waals surface area contributed by atoms with Gasteiger partial charge in [0, 0.05) is 5.38 Å². The molecular formula is C5H11Cl3SSi. The zero-order valence-corrected chi connectivity index (χ0v) is 9.95. The van der Waals surface area contributed by atoms with Crippen molar-refractivity contribution in [2.24, 2.45) is 0 Å². The van der Waals surface area contributed by atoms with Gasteiger partial charge in [-0.05, 0) is 6.04 Å². The minimum atomic E-state index is -1.90. The molecule has 0 bridgehead atoms. The molecule has 0 aliphatic heterocycles. The van der Waals surface area contributed by atoms with E-state index in [2.05, 4.69) is 6.92 Å². The van der Waals surface area contributed by atoms with Crippen molar-refractivity contribution in [1.29, 1.82) is 0 Å². The number of hydrogen-bond acceptors (Lipinski definition) is 1. The van der Waals surface area contributed by atoms with E-state index in [9.17, 15) is 0 Å². The molecule has 0 saturated carbocycles. The van der Waals surface area contributed by atoms with Crippen LogP contribution in [0.25, 0.3) is 0 Å². The van der Waals surface area contributed by atoms with Gasteiger partial charge in [0.15, 0.2) is 0 Å². The monoisotopic (exact) mass is 236 g/mol. The summed E-state index contributed by atoms with van der Waals surface area (Å²) >= 11 is 19.2.